The third kappa shape index (κ3) is 6.16. The SMILES string of the molecule is CC(N)CCCC(C)CN1CCCCC1. The largest absolute Gasteiger partial charge is 0.328 e. The standard InChI is InChI=1S/C13H28N2/c1-12(7-6-8-13(2)14)11-15-9-4-3-5-10-15/h12-13H,3-11,14H2,1-2H3. The van der Waals surface area contributed by atoms with Crippen LogP contribution in [0.15, 0.2) is 0 Å². The van der Waals surface area contributed by atoms with E-state index in [1.807, 2.05) is 0 Å². The first kappa shape index (κ1) is 13.0. The summed E-state index contributed by atoms with van der Waals surface area (Å²) in [4.78, 5) is 2.64. The van der Waals surface area contributed by atoms with E-state index in [0.29, 0.717) is 6.04 Å². The molecule has 0 spiro atoms. The quantitative estimate of drug-likeness (QED) is 0.733. The van der Waals surface area contributed by atoms with Crippen molar-refractivity contribution in [1.82, 2.24) is 4.90 Å². The third-order valence-electron chi connectivity index (χ3n) is 3.37. The van der Waals surface area contributed by atoms with Crippen molar-refractivity contribution in [3.05, 3.63) is 0 Å². The van der Waals surface area contributed by atoms with Crippen LogP contribution in [0.5, 0.6) is 0 Å². The van der Waals surface area contributed by atoms with Crippen molar-refractivity contribution < 1.29 is 0 Å². The van der Waals surface area contributed by atoms with E-state index >= 15 is 0 Å². The number of nitrogens with two attached hydrogens (primary N) is 1. The number of rotatable bonds is 6. The van der Waals surface area contributed by atoms with Crippen LogP contribution in [0.1, 0.15) is 52.4 Å². The summed E-state index contributed by atoms with van der Waals surface area (Å²) in [6.07, 6.45) is 8.09. The normalized spacial score (nSPS) is 22.6. The van der Waals surface area contributed by atoms with E-state index in [0.717, 1.165) is 5.92 Å². The van der Waals surface area contributed by atoms with Crippen molar-refractivity contribution >= 4 is 0 Å². The van der Waals surface area contributed by atoms with Gasteiger partial charge >= 0.3 is 0 Å². The Labute approximate surface area is 95.2 Å². The summed E-state index contributed by atoms with van der Waals surface area (Å²) >= 11 is 0. The van der Waals surface area contributed by atoms with E-state index in [4.69, 9.17) is 5.73 Å². The molecule has 1 rings (SSSR count). The fourth-order valence-electron chi connectivity index (χ4n) is 2.46. The molecule has 2 atom stereocenters. The van der Waals surface area contributed by atoms with Crippen LogP contribution in [0.4, 0.5) is 0 Å². The second-order valence-corrected chi connectivity index (χ2v) is 5.37. The zero-order valence-electron chi connectivity index (χ0n) is 10.5. The average Bonchev–Trinajstić information content (AvgIpc) is 2.18. The molecule has 2 unspecified atom stereocenters. The van der Waals surface area contributed by atoms with Gasteiger partial charge < -0.3 is 10.6 Å². The van der Waals surface area contributed by atoms with E-state index in [-0.39, 0.29) is 0 Å². The van der Waals surface area contributed by atoms with Gasteiger partial charge in [0.2, 0.25) is 0 Å². The Morgan fingerprint density at radius 2 is 1.73 bits per heavy atom. The summed E-state index contributed by atoms with van der Waals surface area (Å²) in [6.45, 7) is 8.46. The Kier molecular flexibility index (Phi) is 6.26. The average molecular weight is 212 g/mol. The molecule has 0 aromatic heterocycles. The van der Waals surface area contributed by atoms with Crippen molar-refractivity contribution in [2.24, 2.45) is 11.7 Å². The topological polar surface area (TPSA) is 29.3 Å². The predicted molar refractivity (Wildman–Crippen MR) is 67.0 cm³/mol. The van der Waals surface area contributed by atoms with Crippen LogP contribution in [-0.2, 0) is 0 Å². The van der Waals surface area contributed by atoms with Crippen LogP contribution in [-0.4, -0.2) is 30.6 Å². The van der Waals surface area contributed by atoms with E-state index in [9.17, 15) is 0 Å². The minimum absolute atomic E-state index is 0.382. The molecule has 15 heavy (non-hydrogen) atoms. The molecule has 0 radical (unpaired) electrons. The first-order valence-corrected chi connectivity index (χ1v) is 6.66. The zero-order chi connectivity index (χ0) is 11.1. The van der Waals surface area contributed by atoms with Gasteiger partial charge in [0, 0.05) is 12.6 Å². The van der Waals surface area contributed by atoms with Crippen LogP contribution in [0, 0.1) is 5.92 Å². The van der Waals surface area contributed by atoms with Crippen molar-refractivity contribution in [2.45, 2.75) is 58.4 Å². The Morgan fingerprint density at radius 3 is 2.33 bits per heavy atom. The van der Waals surface area contributed by atoms with E-state index in [1.54, 1.807) is 0 Å². The van der Waals surface area contributed by atoms with Gasteiger partial charge in [0.1, 0.15) is 0 Å². The fourth-order valence-corrected chi connectivity index (χ4v) is 2.46. The molecule has 0 amide bonds. The summed E-state index contributed by atoms with van der Waals surface area (Å²) in [6, 6.07) is 0.382. The van der Waals surface area contributed by atoms with E-state index in [2.05, 4.69) is 18.7 Å². The summed E-state index contributed by atoms with van der Waals surface area (Å²) < 4.78 is 0. The van der Waals surface area contributed by atoms with Crippen molar-refractivity contribution in [2.75, 3.05) is 19.6 Å². The lowest BCUT2D eigenvalue weighted by Crippen LogP contribution is -2.33. The number of nitrogens with zero attached hydrogens (tertiary/aromatic N) is 1. The lowest BCUT2D eigenvalue weighted by atomic mass is 10.0. The molecule has 1 aliphatic rings. The van der Waals surface area contributed by atoms with Gasteiger partial charge in [-0.2, -0.15) is 0 Å². The molecule has 2 heteroatoms. The Bertz CT molecular complexity index is 151. The minimum atomic E-state index is 0.382. The monoisotopic (exact) mass is 212 g/mol. The molecule has 0 aromatic rings. The predicted octanol–water partition coefficient (Wildman–Crippen LogP) is 2.63. The van der Waals surface area contributed by atoms with E-state index < -0.39 is 0 Å². The molecule has 1 heterocycles. The molecule has 0 aliphatic carbocycles. The van der Waals surface area contributed by atoms with Gasteiger partial charge in [-0.05, 0) is 51.6 Å². The van der Waals surface area contributed by atoms with Crippen LogP contribution in [0.3, 0.4) is 0 Å². The first-order valence-electron chi connectivity index (χ1n) is 6.66. The van der Waals surface area contributed by atoms with Crippen LogP contribution in [0.25, 0.3) is 0 Å². The molecule has 0 saturated carbocycles. The number of hydrogen-bond donors (Lipinski definition) is 1. The maximum absolute atomic E-state index is 5.75. The highest BCUT2D eigenvalue weighted by Gasteiger charge is 2.13. The molecule has 90 valence electrons. The molecule has 2 nitrogen and oxygen atoms in total. The molecular formula is C13H28N2. The Balaban J connectivity index is 2.03. The van der Waals surface area contributed by atoms with Crippen molar-refractivity contribution in [3.63, 3.8) is 0 Å². The summed E-state index contributed by atoms with van der Waals surface area (Å²) in [5, 5.41) is 0. The van der Waals surface area contributed by atoms with Gasteiger partial charge in [0.25, 0.3) is 0 Å². The van der Waals surface area contributed by atoms with Gasteiger partial charge in [-0.3, -0.25) is 0 Å². The van der Waals surface area contributed by atoms with Crippen molar-refractivity contribution in [1.29, 1.82) is 0 Å². The Hall–Kier alpha value is -0.0800. The Morgan fingerprint density at radius 1 is 1.07 bits per heavy atom. The van der Waals surface area contributed by atoms with Gasteiger partial charge in [-0.1, -0.05) is 19.8 Å². The highest BCUT2D eigenvalue weighted by Crippen LogP contribution is 2.14. The molecule has 2 N–H and O–H groups in total. The van der Waals surface area contributed by atoms with Crippen LogP contribution < -0.4 is 5.73 Å². The minimum Gasteiger partial charge on any atom is -0.328 e. The van der Waals surface area contributed by atoms with Gasteiger partial charge in [-0.25, -0.2) is 0 Å². The van der Waals surface area contributed by atoms with Gasteiger partial charge in [0.15, 0.2) is 0 Å². The molecule has 0 bridgehead atoms. The highest BCUT2D eigenvalue weighted by atomic mass is 15.1. The van der Waals surface area contributed by atoms with Gasteiger partial charge in [0.05, 0.1) is 0 Å². The zero-order valence-corrected chi connectivity index (χ0v) is 10.5. The van der Waals surface area contributed by atoms with Crippen LogP contribution >= 0.6 is 0 Å². The fraction of sp³-hybridized carbons (Fsp3) is 1.00. The van der Waals surface area contributed by atoms with Crippen LogP contribution in [0.2, 0.25) is 0 Å². The summed E-state index contributed by atoms with van der Waals surface area (Å²) in [5.74, 6) is 0.849. The summed E-state index contributed by atoms with van der Waals surface area (Å²) in [7, 11) is 0. The van der Waals surface area contributed by atoms with Gasteiger partial charge in [-0.15, -0.1) is 0 Å². The molecule has 1 aliphatic heterocycles. The second kappa shape index (κ2) is 7.24. The number of likely N-dealkylation sites (tertiary alicyclic amines) is 1. The molecule has 0 aromatic carbocycles. The molecule has 1 fully saturated rings. The third-order valence-corrected chi connectivity index (χ3v) is 3.37. The maximum Gasteiger partial charge on any atom is 0.00104 e. The summed E-state index contributed by atoms with van der Waals surface area (Å²) in [5.41, 5.74) is 5.75. The highest BCUT2D eigenvalue weighted by molar-refractivity contribution is 4.68. The number of piperidine rings is 1. The second-order valence-electron chi connectivity index (χ2n) is 5.37. The van der Waals surface area contributed by atoms with E-state index in [1.165, 1.54) is 58.2 Å². The first-order chi connectivity index (χ1) is 7.18. The lowest BCUT2D eigenvalue weighted by molar-refractivity contribution is 0.195. The smallest absolute Gasteiger partial charge is 0.00104 e. The molecular weight excluding hydrogens is 184 g/mol. The maximum atomic E-state index is 5.75. The number of hydrogen-bond acceptors (Lipinski definition) is 2. The van der Waals surface area contributed by atoms with Crippen molar-refractivity contribution in [3.8, 4) is 0 Å². The lowest BCUT2D eigenvalue weighted by Gasteiger charge is -2.29. The molecule has 1 saturated heterocycles.